The molecular weight excluding hydrogens is 302 g/mol. The van der Waals surface area contributed by atoms with Gasteiger partial charge in [-0.15, -0.1) is 11.3 Å². The van der Waals surface area contributed by atoms with Crippen LogP contribution in [0.4, 0.5) is 4.79 Å². The van der Waals surface area contributed by atoms with E-state index in [1.165, 1.54) is 17.4 Å². The predicted octanol–water partition coefficient (Wildman–Crippen LogP) is 2.58. The van der Waals surface area contributed by atoms with Gasteiger partial charge in [-0.2, -0.15) is 0 Å². The van der Waals surface area contributed by atoms with Crippen LogP contribution < -0.4 is 10.6 Å². The van der Waals surface area contributed by atoms with Crippen LogP contribution in [0.15, 0.2) is 17.0 Å². The molecule has 2 amide bonds. The third-order valence-electron chi connectivity index (χ3n) is 2.39. The summed E-state index contributed by atoms with van der Waals surface area (Å²) in [6, 6.07) is 0. The molecule has 0 aliphatic heterocycles. The molecule has 1 heterocycles. The summed E-state index contributed by atoms with van der Waals surface area (Å²) < 4.78 is 5.15. The second-order valence-corrected chi connectivity index (χ2v) is 7.19. The highest BCUT2D eigenvalue weighted by atomic mass is 32.1. The average molecular weight is 325 g/mol. The van der Waals surface area contributed by atoms with Crippen LogP contribution in [0.3, 0.4) is 0 Å². The van der Waals surface area contributed by atoms with E-state index in [0.717, 1.165) is 5.69 Å². The van der Waals surface area contributed by atoms with Gasteiger partial charge in [0.25, 0.3) is 0 Å². The van der Waals surface area contributed by atoms with Crippen LogP contribution in [0.25, 0.3) is 6.08 Å². The van der Waals surface area contributed by atoms with Gasteiger partial charge in [-0.3, -0.25) is 4.79 Å². The van der Waals surface area contributed by atoms with Crippen molar-refractivity contribution in [1.29, 1.82) is 0 Å². The number of alkyl carbamates (subject to hydrolysis) is 1. The Bertz CT molecular complexity index is 531. The molecule has 6 nitrogen and oxygen atoms in total. The van der Waals surface area contributed by atoms with Crippen molar-refractivity contribution in [2.75, 3.05) is 6.54 Å². The van der Waals surface area contributed by atoms with Gasteiger partial charge in [0.15, 0.2) is 0 Å². The quantitative estimate of drug-likeness (QED) is 0.815. The highest BCUT2D eigenvalue weighted by Crippen LogP contribution is 2.08. The number of ether oxygens (including phenoxy) is 1. The first-order chi connectivity index (χ1) is 10.1. The lowest BCUT2D eigenvalue weighted by molar-refractivity contribution is -0.117. The van der Waals surface area contributed by atoms with Crippen LogP contribution in [0, 0.1) is 0 Å². The largest absolute Gasteiger partial charge is 0.444 e. The van der Waals surface area contributed by atoms with E-state index in [4.69, 9.17) is 4.74 Å². The van der Waals surface area contributed by atoms with Crippen molar-refractivity contribution >= 4 is 29.4 Å². The third-order valence-corrected chi connectivity index (χ3v) is 3.00. The van der Waals surface area contributed by atoms with Gasteiger partial charge in [0.2, 0.25) is 5.91 Å². The molecule has 0 saturated heterocycles. The first kappa shape index (κ1) is 18.2. The molecule has 0 aliphatic rings. The van der Waals surface area contributed by atoms with E-state index in [1.54, 1.807) is 32.4 Å². The Hall–Kier alpha value is -1.89. The lowest BCUT2D eigenvalue weighted by Gasteiger charge is -2.27. The SMILES string of the molecule is CC(C)(CNC(=O)OC(C)(C)C)NC(=O)/C=C\c1cscn1. The number of aromatic nitrogens is 1. The molecule has 0 atom stereocenters. The topological polar surface area (TPSA) is 80.3 Å². The van der Waals surface area contributed by atoms with Gasteiger partial charge in [-0.25, -0.2) is 9.78 Å². The van der Waals surface area contributed by atoms with Gasteiger partial charge in [0.05, 0.1) is 16.7 Å². The average Bonchev–Trinajstić information content (AvgIpc) is 2.84. The summed E-state index contributed by atoms with van der Waals surface area (Å²) in [5.74, 6) is -0.246. The van der Waals surface area contributed by atoms with E-state index < -0.39 is 17.2 Å². The van der Waals surface area contributed by atoms with Crippen LogP contribution in [0.2, 0.25) is 0 Å². The summed E-state index contributed by atoms with van der Waals surface area (Å²) in [4.78, 5) is 27.5. The number of carbonyl (C=O) groups is 2. The molecule has 0 radical (unpaired) electrons. The van der Waals surface area contributed by atoms with Crippen LogP contribution in [-0.2, 0) is 9.53 Å². The van der Waals surface area contributed by atoms with E-state index in [0.29, 0.717) is 0 Å². The van der Waals surface area contributed by atoms with E-state index in [-0.39, 0.29) is 12.5 Å². The van der Waals surface area contributed by atoms with Gasteiger partial charge in [0.1, 0.15) is 5.60 Å². The van der Waals surface area contributed by atoms with Crippen molar-refractivity contribution in [2.45, 2.75) is 45.8 Å². The highest BCUT2D eigenvalue weighted by Gasteiger charge is 2.22. The fraction of sp³-hybridized carbons (Fsp3) is 0.533. The molecule has 0 fully saturated rings. The van der Waals surface area contributed by atoms with E-state index in [1.807, 2.05) is 19.2 Å². The van der Waals surface area contributed by atoms with Crippen LogP contribution >= 0.6 is 11.3 Å². The van der Waals surface area contributed by atoms with Crippen molar-refractivity contribution in [3.05, 3.63) is 22.7 Å². The van der Waals surface area contributed by atoms with Crippen molar-refractivity contribution in [3.8, 4) is 0 Å². The van der Waals surface area contributed by atoms with Gasteiger partial charge in [0, 0.05) is 18.0 Å². The van der Waals surface area contributed by atoms with Gasteiger partial charge in [-0.05, 0) is 40.7 Å². The zero-order valence-electron chi connectivity index (χ0n) is 13.6. The Morgan fingerprint density at radius 1 is 1.32 bits per heavy atom. The number of nitrogens with zero attached hydrogens (tertiary/aromatic N) is 1. The minimum absolute atomic E-state index is 0.246. The normalized spacial score (nSPS) is 12.2. The molecule has 1 aromatic heterocycles. The first-order valence-electron chi connectivity index (χ1n) is 6.93. The Balaban J connectivity index is 2.42. The summed E-state index contributed by atoms with van der Waals surface area (Å²) in [6.07, 6.45) is 2.56. The Labute approximate surface area is 135 Å². The number of nitrogens with one attached hydrogen (secondary N) is 2. The lowest BCUT2D eigenvalue weighted by Crippen LogP contribution is -2.51. The molecule has 2 N–H and O–H groups in total. The van der Waals surface area contributed by atoms with E-state index in [9.17, 15) is 9.59 Å². The second kappa shape index (κ2) is 7.40. The second-order valence-electron chi connectivity index (χ2n) is 6.48. The Kier molecular flexibility index (Phi) is 6.11. The smallest absolute Gasteiger partial charge is 0.407 e. The predicted molar refractivity (Wildman–Crippen MR) is 87.6 cm³/mol. The van der Waals surface area contributed by atoms with Crippen LogP contribution in [-0.4, -0.2) is 34.7 Å². The Morgan fingerprint density at radius 3 is 2.55 bits per heavy atom. The standard InChI is InChI=1S/C15H23N3O3S/c1-14(2,3)21-13(20)16-9-15(4,5)18-12(19)7-6-11-8-22-10-17-11/h6-8,10H,9H2,1-5H3,(H,16,20)(H,18,19)/b7-6-. The number of amides is 2. The number of hydrogen-bond donors (Lipinski definition) is 2. The van der Waals surface area contributed by atoms with Crippen molar-refractivity contribution in [1.82, 2.24) is 15.6 Å². The molecule has 0 aromatic carbocycles. The summed E-state index contributed by atoms with van der Waals surface area (Å²) in [5.41, 5.74) is 1.30. The molecule has 0 unspecified atom stereocenters. The molecule has 122 valence electrons. The molecule has 0 saturated carbocycles. The molecule has 1 aromatic rings. The van der Waals surface area contributed by atoms with Crippen molar-refractivity contribution in [2.24, 2.45) is 0 Å². The molecule has 1 rings (SSSR count). The van der Waals surface area contributed by atoms with Crippen molar-refractivity contribution in [3.63, 3.8) is 0 Å². The Morgan fingerprint density at radius 2 is 2.00 bits per heavy atom. The molecule has 0 aliphatic carbocycles. The summed E-state index contributed by atoms with van der Waals surface area (Å²) >= 11 is 1.46. The number of rotatable bonds is 5. The van der Waals surface area contributed by atoms with E-state index in [2.05, 4.69) is 15.6 Å². The molecule has 22 heavy (non-hydrogen) atoms. The molecule has 0 spiro atoms. The lowest BCUT2D eigenvalue weighted by atomic mass is 10.1. The maximum absolute atomic E-state index is 11.9. The summed E-state index contributed by atoms with van der Waals surface area (Å²) in [6.45, 7) is 9.28. The highest BCUT2D eigenvalue weighted by molar-refractivity contribution is 7.07. The maximum Gasteiger partial charge on any atom is 0.407 e. The number of hydrogen-bond acceptors (Lipinski definition) is 5. The zero-order valence-corrected chi connectivity index (χ0v) is 14.4. The van der Waals surface area contributed by atoms with E-state index >= 15 is 0 Å². The maximum atomic E-state index is 11.9. The van der Waals surface area contributed by atoms with Gasteiger partial charge < -0.3 is 15.4 Å². The van der Waals surface area contributed by atoms with Gasteiger partial charge in [-0.1, -0.05) is 0 Å². The minimum atomic E-state index is -0.597. The van der Waals surface area contributed by atoms with Crippen LogP contribution in [0.5, 0.6) is 0 Å². The van der Waals surface area contributed by atoms with Crippen molar-refractivity contribution < 1.29 is 14.3 Å². The molecule has 0 bridgehead atoms. The number of thiazole rings is 1. The molecule has 7 heteroatoms. The summed E-state index contributed by atoms with van der Waals surface area (Å²) in [7, 11) is 0. The summed E-state index contributed by atoms with van der Waals surface area (Å²) in [5, 5.41) is 7.31. The minimum Gasteiger partial charge on any atom is -0.444 e. The fourth-order valence-electron chi connectivity index (χ4n) is 1.49. The monoisotopic (exact) mass is 325 g/mol. The number of carbonyl (C=O) groups excluding carboxylic acids is 2. The van der Waals surface area contributed by atoms with Crippen LogP contribution in [0.1, 0.15) is 40.3 Å². The fourth-order valence-corrected chi connectivity index (χ4v) is 2.01. The third kappa shape index (κ3) is 7.78. The van der Waals surface area contributed by atoms with Gasteiger partial charge >= 0.3 is 6.09 Å². The molecular formula is C15H23N3O3S. The zero-order chi connectivity index (χ0) is 16.8. The first-order valence-corrected chi connectivity index (χ1v) is 7.87.